The summed E-state index contributed by atoms with van der Waals surface area (Å²) in [7, 11) is 1.32. The Kier molecular flexibility index (Phi) is 4.87. The Hall–Kier alpha value is -2.43. The van der Waals surface area contributed by atoms with Gasteiger partial charge in [0.25, 0.3) is 6.43 Å². The van der Waals surface area contributed by atoms with Crippen molar-refractivity contribution >= 4 is 11.7 Å². The van der Waals surface area contributed by atoms with Crippen molar-refractivity contribution in [2.45, 2.75) is 13.0 Å². The Morgan fingerprint density at radius 2 is 1.81 bits per heavy atom. The van der Waals surface area contributed by atoms with Crippen LogP contribution in [-0.4, -0.2) is 13.1 Å². The first-order valence-corrected chi connectivity index (χ1v) is 6.40. The zero-order valence-electron chi connectivity index (χ0n) is 11.5. The fraction of sp³-hybridized carbons (Fsp3) is 0.188. The highest BCUT2D eigenvalue weighted by Gasteiger charge is 2.10. The molecule has 110 valence electrons. The largest absolute Gasteiger partial charge is 0.465 e. The molecule has 2 rings (SSSR count). The Labute approximate surface area is 121 Å². The lowest BCUT2D eigenvalue weighted by atomic mass is 10.1. The molecular formula is C16H15F2NO2. The van der Waals surface area contributed by atoms with Crippen LogP contribution in [0.1, 0.15) is 27.9 Å². The Balaban J connectivity index is 2.08. The number of esters is 1. The van der Waals surface area contributed by atoms with Crippen molar-refractivity contribution in [2.75, 3.05) is 12.4 Å². The number of anilines is 1. The van der Waals surface area contributed by atoms with Gasteiger partial charge in [-0.25, -0.2) is 13.6 Å². The number of alkyl halides is 2. The number of carbonyl (C=O) groups excluding carboxylic acids is 1. The summed E-state index contributed by atoms with van der Waals surface area (Å²) in [5.74, 6) is -0.425. The van der Waals surface area contributed by atoms with Gasteiger partial charge in [-0.1, -0.05) is 36.4 Å². The van der Waals surface area contributed by atoms with Gasteiger partial charge in [-0.3, -0.25) is 0 Å². The summed E-state index contributed by atoms with van der Waals surface area (Å²) < 4.78 is 29.6. The average molecular weight is 291 g/mol. The Morgan fingerprint density at radius 1 is 1.14 bits per heavy atom. The van der Waals surface area contributed by atoms with E-state index in [1.165, 1.54) is 19.2 Å². The molecule has 0 aromatic heterocycles. The van der Waals surface area contributed by atoms with E-state index < -0.39 is 12.4 Å². The minimum absolute atomic E-state index is 0.00582. The molecule has 5 heteroatoms. The molecule has 0 bridgehead atoms. The van der Waals surface area contributed by atoms with Crippen molar-refractivity contribution in [2.24, 2.45) is 0 Å². The Bertz CT molecular complexity index is 612. The van der Waals surface area contributed by atoms with Gasteiger partial charge in [0, 0.05) is 17.8 Å². The average Bonchev–Trinajstić information content (AvgIpc) is 2.52. The number of hydrogen-bond acceptors (Lipinski definition) is 3. The third-order valence-electron chi connectivity index (χ3n) is 3.05. The van der Waals surface area contributed by atoms with Crippen molar-refractivity contribution in [1.29, 1.82) is 0 Å². The molecule has 0 amide bonds. The highest BCUT2D eigenvalue weighted by molar-refractivity contribution is 5.95. The van der Waals surface area contributed by atoms with Crippen molar-refractivity contribution < 1.29 is 18.3 Å². The summed E-state index contributed by atoms with van der Waals surface area (Å²) in [5.41, 5.74) is 1.92. The van der Waals surface area contributed by atoms with E-state index in [2.05, 4.69) is 5.32 Å². The standard InChI is InChI=1S/C16H15F2NO2/c1-21-16(20)13-4-2-3-5-14(13)19-10-11-6-8-12(9-7-11)15(17)18/h2-9,15,19H,10H2,1H3. The number of halogens is 2. The predicted molar refractivity (Wildman–Crippen MR) is 76.5 cm³/mol. The highest BCUT2D eigenvalue weighted by Crippen LogP contribution is 2.20. The maximum atomic E-state index is 12.5. The lowest BCUT2D eigenvalue weighted by Crippen LogP contribution is -2.08. The number of ether oxygens (including phenoxy) is 1. The van der Waals surface area contributed by atoms with E-state index in [4.69, 9.17) is 4.74 Å². The second-order valence-electron chi connectivity index (χ2n) is 4.43. The molecule has 0 unspecified atom stereocenters. The van der Waals surface area contributed by atoms with Crippen molar-refractivity contribution in [3.05, 3.63) is 65.2 Å². The fourth-order valence-corrected chi connectivity index (χ4v) is 1.90. The summed E-state index contributed by atoms with van der Waals surface area (Å²) >= 11 is 0. The number of carbonyl (C=O) groups is 1. The molecule has 0 atom stereocenters. The summed E-state index contributed by atoms with van der Waals surface area (Å²) in [6, 6.07) is 13.0. The van der Waals surface area contributed by atoms with Gasteiger partial charge in [0.1, 0.15) is 0 Å². The molecule has 0 saturated heterocycles. The van der Waals surface area contributed by atoms with Crippen LogP contribution in [0.15, 0.2) is 48.5 Å². The fourth-order valence-electron chi connectivity index (χ4n) is 1.90. The molecule has 0 fully saturated rings. The summed E-state index contributed by atoms with van der Waals surface area (Å²) in [6.45, 7) is 0.428. The van der Waals surface area contributed by atoms with Gasteiger partial charge in [0.05, 0.1) is 12.7 Å². The number of rotatable bonds is 5. The van der Waals surface area contributed by atoms with Crippen LogP contribution in [-0.2, 0) is 11.3 Å². The zero-order chi connectivity index (χ0) is 15.2. The van der Waals surface area contributed by atoms with Crippen LogP contribution in [0.3, 0.4) is 0 Å². The zero-order valence-corrected chi connectivity index (χ0v) is 11.5. The van der Waals surface area contributed by atoms with E-state index >= 15 is 0 Å². The molecule has 0 aliphatic carbocycles. The van der Waals surface area contributed by atoms with Crippen LogP contribution in [0.2, 0.25) is 0 Å². The van der Waals surface area contributed by atoms with Gasteiger partial charge in [0.15, 0.2) is 0 Å². The Morgan fingerprint density at radius 3 is 2.43 bits per heavy atom. The number of nitrogens with one attached hydrogen (secondary N) is 1. The monoisotopic (exact) mass is 291 g/mol. The first-order valence-electron chi connectivity index (χ1n) is 6.40. The predicted octanol–water partition coefficient (Wildman–Crippen LogP) is 4.02. The topological polar surface area (TPSA) is 38.3 Å². The third kappa shape index (κ3) is 3.78. The van der Waals surface area contributed by atoms with E-state index in [0.717, 1.165) is 5.56 Å². The number of methoxy groups -OCH3 is 1. The van der Waals surface area contributed by atoms with E-state index in [0.29, 0.717) is 17.8 Å². The van der Waals surface area contributed by atoms with Crippen LogP contribution >= 0.6 is 0 Å². The molecular weight excluding hydrogens is 276 g/mol. The van der Waals surface area contributed by atoms with Crippen LogP contribution < -0.4 is 5.32 Å². The number of benzene rings is 2. The maximum Gasteiger partial charge on any atom is 0.339 e. The molecule has 0 spiro atoms. The van der Waals surface area contributed by atoms with E-state index in [9.17, 15) is 13.6 Å². The van der Waals surface area contributed by atoms with Gasteiger partial charge in [-0.15, -0.1) is 0 Å². The van der Waals surface area contributed by atoms with Crippen molar-refractivity contribution in [3.63, 3.8) is 0 Å². The SMILES string of the molecule is COC(=O)c1ccccc1NCc1ccc(C(F)F)cc1. The van der Waals surface area contributed by atoms with Crippen LogP contribution in [0, 0.1) is 0 Å². The van der Waals surface area contributed by atoms with E-state index in [1.54, 1.807) is 36.4 Å². The van der Waals surface area contributed by atoms with Gasteiger partial charge in [0.2, 0.25) is 0 Å². The molecule has 1 N–H and O–H groups in total. The molecule has 0 heterocycles. The van der Waals surface area contributed by atoms with Gasteiger partial charge >= 0.3 is 5.97 Å². The molecule has 0 saturated carbocycles. The molecule has 0 radical (unpaired) electrons. The highest BCUT2D eigenvalue weighted by atomic mass is 19.3. The molecule has 21 heavy (non-hydrogen) atoms. The third-order valence-corrected chi connectivity index (χ3v) is 3.05. The van der Waals surface area contributed by atoms with Crippen LogP contribution in [0.25, 0.3) is 0 Å². The summed E-state index contributed by atoms with van der Waals surface area (Å²) in [5, 5.41) is 3.11. The first kappa shape index (κ1) is 15.0. The molecule has 0 aliphatic heterocycles. The van der Waals surface area contributed by atoms with Crippen LogP contribution in [0.5, 0.6) is 0 Å². The second-order valence-corrected chi connectivity index (χ2v) is 4.43. The summed E-state index contributed by atoms with van der Waals surface area (Å²) in [4.78, 5) is 11.6. The minimum atomic E-state index is -2.47. The van der Waals surface area contributed by atoms with E-state index in [-0.39, 0.29) is 5.56 Å². The molecule has 2 aromatic rings. The van der Waals surface area contributed by atoms with Crippen molar-refractivity contribution in [1.82, 2.24) is 0 Å². The minimum Gasteiger partial charge on any atom is -0.465 e. The quantitative estimate of drug-likeness (QED) is 0.845. The molecule has 2 aromatic carbocycles. The van der Waals surface area contributed by atoms with E-state index in [1.807, 2.05) is 0 Å². The van der Waals surface area contributed by atoms with Crippen molar-refractivity contribution in [3.8, 4) is 0 Å². The lowest BCUT2D eigenvalue weighted by molar-refractivity contribution is 0.0602. The van der Waals surface area contributed by atoms with Gasteiger partial charge in [-0.2, -0.15) is 0 Å². The second kappa shape index (κ2) is 6.83. The summed E-state index contributed by atoms with van der Waals surface area (Å²) in [6.07, 6.45) is -2.47. The smallest absolute Gasteiger partial charge is 0.339 e. The number of para-hydroxylation sites is 1. The number of hydrogen-bond donors (Lipinski definition) is 1. The van der Waals surface area contributed by atoms with Gasteiger partial charge < -0.3 is 10.1 Å². The first-order chi connectivity index (χ1) is 10.1. The van der Waals surface area contributed by atoms with Crippen LogP contribution in [0.4, 0.5) is 14.5 Å². The normalized spacial score (nSPS) is 10.5. The lowest BCUT2D eigenvalue weighted by Gasteiger charge is -2.11. The maximum absolute atomic E-state index is 12.5. The molecule has 3 nitrogen and oxygen atoms in total. The van der Waals surface area contributed by atoms with Gasteiger partial charge in [-0.05, 0) is 17.7 Å². The molecule has 0 aliphatic rings.